The summed E-state index contributed by atoms with van der Waals surface area (Å²) in [6.45, 7) is 0. The fourth-order valence-electron chi connectivity index (χ4n) is 3.52. The van der Waals surface area contributed by atoms with Crippen LogP contribution in [-0.2, 0) is 17.3 Å². The molecule has 0 saturated heterocycles. The molecule has 6 nitrogen and oxygen atoms in total. The van der Waals surface area contributed by atoms with E-state index in [0.29, 0.717) is 4.68 Å². The molecule has 0 spiro atoms. The normalized spacial score (nSPS) is 14.2. The number of carbonyl (C=O) groups excluding carboxylic acids is 1. The summed E-state index contributed by atoms with van der Waals surface area (Å²) < 4.78 is 67.6. The van der Waals surface area contributed by atoms with Crippen LogP contribution in [0.25, 0.3) is 17.0 Å². The lowest BCUT2D eigenvalue weighted by molar-refractivity contribution is -0.142. The van der Waals surface area contributed by atoms with Crippen molar-refractivity contribution in [1.29, 1.82) is 0 Å². The lowest BCUT2D eigenvalue weighted by Crippen LogP contribution is -2.15. The van der Waals surface area contributed by atoms with Crippen molar-refractivity contribution in [2.24, 2.45) is 0 Å². The Balaban J connectivity index is 1.88. The maximum atomic E-state index is 14.6. The van der Waals surface area contributed by atoms with Crippen molar-refractivity contribution in [2.75, 3.05) is 7.11 Å². The molecule has 0 saturated carbocycles. The van der Waals surface area contributed by atoms with Gasteiger partial charge in [0.05, 0.1) is 24.6 Å². The predicted octanol–water partition coefficient (Wildman–Crippen LogP) is 6.18. The molecule has 4 rings (SSSR count). The van der Waals surface area contributed by atoms with Crippen molar-refractivity contribution in [3.63, 3.8) is 0 Å². The number of alkyl halides is 3. The minimum absolute atomic E-state index is 0.0349. The van der Waals surface area contributed by atoms with E-state index in [1.165, 1.54) is 18.2 Å². The van der Waals surface area contributed by atoms with Gasteiger partial charge in [-0.25, -0.2) is 13.9 Å². The van der Waals surface area contributed by atoms with Gasteiger partial charge in [-0.3, -0.25) is 0 Å². The summed E-state index contributed by atoms with van der Waals surface area (Å²) in [5.74, 6) is -2.06. The van der Waals surface area contributed by atoms with Gasteiger partial charge < -0.3 is 9.26 Å². The molecule has 176 valence electrons. The standard InChI is InChI=1S/C23H16ClF4N3O3/c1-33-22(32)19-18(11-14-16(24)9-5-6-10-17(14)25)30-34-20(19)15-12-29-31(21(15)23(26,27)28)13-7-3-2-4-8-13/h2-9,12H,10-11H2,1H3. The molecule has 3 aromatic rings. The Hall–Kier alpha value is -3.66. The first-order valence-electron chi connectivity index (χ1n) is 9.90. The first-order valence-corrected chi connectivity index (χ1v) is 10.3. The molecule has 0 unspecified atom stereocenters. The number of methoxy groups -OCH3 is 1. The number of hydrogen-bond donors (Lipinski definition) is 0. The second kappa shape index (κ2) is 9.30. The Bertz CT molecular complexity index is 1320. The number of rotatable bonds is 5. The van der Waals surface area contributed by atoms with Crippen molar-refractivity contribution in [3.05, 3.63) is 88.1 Å². The summed E-state index contributed by atoms with van der Waals surface area (Å²) in [6, 6.07) is 7.66. The van der Waals surface area contributed by atoms with Crippen molar-refractivity contribution >= 4 is 17.6 Å². The summed E-state index contributed by atoms with van der Waals surface area (Å²) in [4.78, 5) is 12.6. The van der Waals surface area contributed by atoms with Crippen LogP contribution in [0.2, 0.25) is 0 Å². The van der Waals surface area contributed by atoms with E-state index in [1.807, 2.05) is 0 Å². The van der Waals surface area contributed by atoms with Gasteiger partial charge in [-0.15, -0.1) is 0 Å². The third kappa shape index (κ3) is 4.41. The first-order chi connectivity index (χ1) is 16.2. The van der Waals surface area contributed by atoms with Crippen molar-refractivity contribution in [3.8, 4) is 17.0 Å². The van der Waals surface area contributed by atoms with Crippen LogP contribution in [0.5, 0.6) is 0 Å². The van der Waals surface area contributed by atoms with E-state index in [4.69, 9.17) is 20.9 Å². The summed E-state index contributed by atoms with van der Waals surface area (Å²) >= 11 is 6.15. The van der Waals surface area contributed by atoms with Crippen LogP contribution in [0.15, 0.2) is 75.7 Å². The summed E-state index contributed by atoms with van der Waals surface area (Å²) in [6.07, 6.45) is 0.303. The molecule has 11 heteroatoms. The number of esters is 1. The fourth-order valence-corrected chi connectivity index (χ4v) is 3.76. The van der Waals surface area contributed by atoms with E-state index < -0.39 is 35.0 Å². The van der Waals surface area contributed by atoms with Gasteiger partial charge in [0.15, 0.2) is 11.5 Å². The van der Waals surface area contributed by atoms with Gasteiger partial charge in [-0.2, -0.15) is 18.3 Å². The number of ether oxygens (including phenoxy) is 1. The average Bonchev–Trinajstić information content (AvgIpc) is 3.40. The first kappa shape index (κ1) is 23.5. The SMILES string of the molecule is COC(=O)c1c(CC2=C(F)CC=CC=C2Cl)noc1-c1cnn(-c2ccccc2)c1C(F)(F)F. The lowest BCUT2D eigenvalue weighted by atomic mass is 10.0. The number of carbonyl (C=O) groups is 1. The van der Waals surface area contributed by atoms with Crippen LogP contribution in [-0.4, -0.2) is 28.0 Å². The van der Waals surface area contributed by atoms with Crippen LogP contribution < -0.4 is 0 Å². The Morgan fingerprint density at radius 1 is 1.26 bits per heavy atom. The number of hydrogen-bond acceptors (Lipinski definition) is 5. The van der Waals surface area contributed by atoms with Crippen LogP contribution in [0, 0.1) is 0 Å². The quantitative estimate of drug-likeness (QED) is 0.313. The lowest BCUT2D eigenvalue weighted by Gasteiger charge is -2.12. The molecule has 2 heterocycles. The Labute approximate surface area is 195 Å². The predicted molar refractivity (Wildman–Crippen MR) is 115 cm³/mol. The minimum Gasteiger partial charge on any atom is -0.465 e. The summed E-state index contributed by atoms with van der Waals surface area (Å²) in [7, 11) is 1.06. The largest absolute Gasteiger partial charge is 0.465 e. The van der Waals surface area contributed by atoms with Gasteiger partial charge in [0.1, 0.15) is 17.1 Å². The van der Waals surface area contributed by atoms with Crippen LogP contribution in [0.1, 0.15) is 28.2 Å². The molecule has 0 aliphatic heterocycles. The third-order valence-electron chi connectivity index (χ3n) is 5.07. The van der Waals surface area contributed by atoms with Gasteiger partial charge in [0, 0.05) is 23.4 Å². The highest BCUT2D eigenvalue weighted by Gasteiger charge is 2.42. The van der Waals surface area contributed by atoms with Gasteiger partial charge >= 0.3 is 12.1 Å². The molecule has 1 aliphatic carbocycles. The molecule has 0 atom stereocenters. The zero-order valence-corrected chi connectivity index (χ0v) is 18.3. The highest BCUT2D eigenvalue weighted by Crippen LogP contribution is 2.41. The van der Waals surface area contributed by atoms with Gasteiger partial charge in [0.25, 0.3) is 0 Å². The second-order valence-electron chi connectivity index (χ2n) is 7.18. The number of aromatic nitrogens is 3. The fraction of sp³-hybridized carbons (Fsp3) is 0.174. The van der Waals surface area contributed by atoms with Gasteiger partial charge in [-0.05, 0) is 18.2 Å². The number of halogens is 5. The van der Waals surface area contributed by atoms with Crippen molar-refractivity contribution in [1.82, 2.24) is 14.9 Å². The average molecular weight is 494 g/mol. The summed E-state index contributed by atoms with van der Waals surface area (Å²) in [5, 5.41) is 7.71. The second-order valence-corrected chi connectivity index (χ2v) is 7.59. The Morgan fingerprint density at radius 2 is 2.00 bits per heavy atom. The number of nitrogens with zero attached hydrogens (tertiary/aromatic N) is 3. The van der Waals surface area contributed by atoms with Crippen molar-refractivity contribution < 1.29 is 31.6 Å². The molecule has 0 fully saturated rings. The zero-order valence-electron chi connectivity index (χ0n) is 17.6. The highest BCUT2D eigenvalue weighted by atomic mass is 35.5. The van der Waals surface area contributed by atoms with Crippen molar-refractivity contribution in [2.45, 2.75) is 19.0 Å². The third-order valence-corrected chi connectivity index (χ3v) is 5.43. The van der Waals surface area contributed by atoms with E-state index in [0.717, 1.165) is 13.3 Å². The van der Waals surface area contributed by atoms with Gasteiger partial charge in [-0.1, -0.05) is 47.1 Å². The maximum Gasteiger partial charge on any atom is 0.434 e. The molecule has 0 radical (unpaired) electrons. The molecular formula is C23H16ClF4N3O3. The van der Waals surface area contributed by atoms with E-state index in [1.54, 1.807) is 30.4 Å². The molecule has 0 bridgehead atoms. The Kier molecular flexibility index (Phi) is 6.43. The van der Waals surface area contributed by atoms with Crippen LogP contribution in [0.3, 0.4) is 0 Å². The molecule has 1 aliphatic rings. The molecule has 34 heavy (non-hydrogen) atoms. The molecular weight excluding hydrogens is 478 g/mol. The Morgan fingerprint density at radius 3 is 2.68 bits per heavy atom. The monoisotopic (exact) mass is 493 g/mol. The number of benzene rings is 1. The smallest absolute Gasteiger partial charge is 0.434 e. The topological polar surface area (TPSA) is 70.2 Å². The number of para-hydroxylation sites is 1. The molecule has 0 amide bonds. The maximum absolute atomic E-state index is 14.6. The van der Waals surface area contributed by atoms with E-state index in [-0.39, 0.29) is 40.4 Å². The minimum atomic E-state index is -4.87. The summed E-state index contributed by atoms with van der Waals surface area (Å²) in [5.41, 5.74) is -2.01. The van der Waals surface area contributed by atoms with E-state index in [2.05, 4.69) is 10.3 Å². The van der Waals surface area contributed by atoms with Crippen LogP contribution in [0.4, 0.5) is 17.6 Å². The molecule has 2 aromatic heterocycles. The molecule has 0 N–H and O–H groups in total. The zero-order chi connectivity index (χ0) is 24.5. The number of allylic oxidation sites excluding steroid dienone is 6. The highest BCUT2D eigenvalue weighted by molar-refractivity contribution is 6.32. The van der Waals surface area contributed by atoms with E-state index in [9.17, 15) is 22.4 Å². The van der Waals surface area contributed by atoms with E-state index >= 15 is 0 Å². The van der Waals surface area contributed by atoms with Crippen LogP contribution >= 0.6 is 11.6 Å². The molecule has 1 aromatic carbocycles. The van der Waals surface area contributed by atoms with Gasteiger partial charge in [0.2, 0.25) is 0 Å².